The molecule has 1 amide bonds. The Labute approximate surface area is 88.6 Å². The first kappa shape index (κ1) is 13.9. The van der Waals surface area contributed by atoms with E-state index in [0.717, 1.165) is 6.26 Å². The van der Waals surface area contributed by atoms with Gasteiger partial charge in [-0.15, -0.1) is 0 Å². The molecule has 0 aromatic rings. The van der Waals surface area contributed by atoms with Gasteiger partial charge in [0.2, 0.25) is 5.91 Å². The van der Waals surface area contributed by atoms with Crippen LogP contribution in [0.4, 0.5) is 0 Å². The first-order valence-corrected chi connectivity index (χ1v) is 6.39. The Kier molecular flexibility index (Phi) is 4.73. The van der Waals surface area contributed by atoms with Crippen LogP contribution in [0, 0.1) is 5.92 Å². The van der Waals surface area contributed by atoms with E-state index in [1.807, 2.05) is 0 Å². The van der Waals surface area contributed by atoms with Gasteiger partial charge in [-0.2, -0.15) is 0 Å². The van der Waals surface area contributed by atoms with Gasteiger partial charge in [-0.25, -0.2) is 8.42 Å². The van der Waals surface area contributed by atoms with Crippen LogP contribution in [0.25, 0.3) is 0 Å². The Morgan fingerprint density at radius 1 is 1.33 bits per heavy atom. The summed E-state index contributed by atoms with van der Waals surface area (Å²) < 4.78 is 21.5. The third kappa shape index (κ3) is 6.05. The highest BCUT2D eigenvalue weighted by molar-refractivity contribution is 7.91. The van der Waals surface area contributed by atoms with E-state index < -0.39 is 39.4 Å². The predicted octanol–water partition coefficient (Wildman–Crippen LogP) is -0.744. The van der Waals surface area contributed by atoms with Crippen LogP contribution in [0.15, 0.2) is 0 Å². The number of aliphatic carboxylic acids is 1. The lowest BCUT2D eigenvalue weighted by molar-refractivity contribution is -0.142. The van der Waals surface area contributed by atoms with Gasteiger partial charge < -0.3 is 10.4 Å². The molecule has 0 saturated carbocycles. The molecule has 2 unspecified atom stereocenters. The number of amides is 1. The second kappa shape index (κ2) is 5.11. The molecule has 0 aromatic heterocycles. The Balaban J connectivity index is 4.25. The van der Waals surface area contributed by atoms with Gasteiger partial charge in [-0.3, -0.25) is 9.59 Å². The summed E-state index contributed by atoms with van der Waals surface area (Å²) in [7, 11) is -3.37. The van der Waals surface area contributed by atoms with Gasteiger partial charge in [-0.1, -0.05) is 0 Å². The molecule has 0 fully saturated rings. The third-order valence-corrected chi connectivity index (χ3v) is 2.71. The first-order chi connectivity index (χ1) is 6.63. The lowest BCUT2D eigenvalue weighted by Gasteiger charge is -2.17. The van der Waals surface area contributed by atoms with Crippen molar-refractivity contribution in [2.24, 2.45) is 5.92 Å². The minimum atomic E-state index is -3.37. The van der Waals surface area contributed by atoms with Crippen LogP contribution in [-0.2, 0) is 19.4 Å². The van der Waals surface area contributed by atoms with Gasteiger partial charge in [0.05, 0.1) is 5.92 Å². The molecule has 0 aliphatic rings. The molecular formula is C8H15NO5S. The summed E-state index contributed by atoms with van der Waals surface area (Å²) in [5.74, 6) is -3.10. The highest BCUT2D eigenvalue weighted by Gasteiger charge is 2.22. The summed E-state index contributed by atoms with van der Waals surface area (Å²) in [5.41, 5.74) is 0. The summed E-state index contributed by atoms with van der Waals surface area (Å²) in [4.78, 5) is 21.7. The predicted molar refractivity (Wildman–Crippen MR) is 54.1 cm³/mol. The monoisotopic (exact) mass is 237 g/mol. The molecule has 0 saturated heterocycles. The molecule has 88 valence electrons. The lowest BCUT2D eigenvalue weighted by Crippen LogP contribution is -2.42. The molecule has 2 atom stereocenters. The van der Waals surface area contributed by atoms with Crippen LogP contribution in [-0.4, -0.2) is 43.5 Å². The van der Waals surface area contributed by atoms with Crippen molar-refractivity contribution in [1.82, 2.24) is 5.32 Å². The second-order valence-corrected chi connectivity index (χ2v) is 5.69. The summed E-state index contributed by atoms with van der Waals surface area (Å²) in [6, 6.07) is -0.600. The summed E-state index contributed by atoms with van der Waals surface area (Å²) >= 11 is 0. The van der Waals surface area contributed by atoms with Crippen molar-refractivity contribution in [2.75, 3.05) is 12.0 Å². The van der Waals surface area contributed by atoms with E-state index in [1.54, 1.807) is 0 Å². The number of carboxylic acid groups (broad SMARTS) is 1. The summed E-state index contributed by atoms with van der Waals surface area (Å²) in [6.07, 6.45) is 0.942. The number of carboxylic acids is 1. The molecule has 7 heteroatoms. The number of rotatable bonds is 5. The molecule has 6 nitrogen and oxygen atoms in total. The molecule has 0 radical (unpaired) electrons. The van der Waals surface area contributed by atoms with E-state index in [0.29, 0.717) is 0 Å². The average molecular weight is 237 g/mol. The smallest absolute Gasteiger partial charge is 0.308 e. The van der Waals surface area contributed by atoms with E-state index in [2.05, 4.69) is 5.32 Å². The van der Waals surface area contributed by atoms with E-state index >= 15 is 0 Å². The van der Waals surface area contributed by atoms with Crippen molar-refractivity contribution in [3.05, 3.63) is 0 Å². The second-order valence-electron chi connectivity index (χ2n) is 3.55. The number of hydrogen-bond donors (Lipinski definition) is 2. The quantitative estimate of drug-likeness (QED) is 0.655. The minimum absolute atomic E-state index is 0.600. The molecule has 0 bridgehead atoms. The van der Waals surface area contributed by atoms with Crippen molar-refractivity contribution in [3.8, 4) is 0 Å². The van der Waals surface area contributed by atoms with Gasteiger partial charge in [-0.05, 0) is 13.8 Å². The van der Waals surface area contributed by atoms with Gasteiger partial charge in [0.25, 0.3) is 0 Å². The number of hydrogen-bond acceptors (Lipinski definition) is 4. The van der Waals surface area contributed by atoms with Gasteiger partial charge in [0.15, 0.2) is 9.84 Å². The SMILES string of the molecule is CC(NC(=O)CS(C)(=O)=O)C(C)C(=O)O. The fourth-order valence-corrected chi connectivity index (χ4v) is 1.43. The first-order valence-electron chi connectivity index (χ1n) is 4.33. The van der Waals surface area contributed by atoms with Crippen LogP contribution in [0.5, 0.6) is 0 Å². The van der Waals surface area contributed by atoms with Crippen LogP contribution >= 0.6 is 0 Å². The van der Waals surface area contributed by atoms with Crippen molar-refractivity contribution in [3.63, 3.8) is 0 Å². The zero-order valence-electron chi connectivity index (χ0n) is 8.85. The Bertz CT molecular complexity index is 348. The highest BCUT2D eigenvalue weighted by atomic mass is 32.2. The van der Waals surface area contributed by atoms with Gasteiger partial charge in [0, 0.05) is 12.3 Å². The van der Waals surface area contributed by atoms with E-state index in [1.165, 1.54) is 13.8 Å². The maximum absolute atomic E-state index is 11.1. The van der Waals surface area contributed by atoms with Crippen molar-refractivity contribution in [2.45, 2.75) is 19.9 Å². The molecule has 0 rings (SSSR count). The maximum atomic E-state index is 11.1. The van der Waals surface area contributed by atoms with E-state index in [-0.39, 0.29) is 0 Å². The highest BCUT2D eigenvalue weighted by Crippen LogP contribution is 2.02. The number of carbonyl (C=O) groups excluding carboxylic acids is 1. The lowest BCUT2D eigenvalue weighted by atomic mass is 10.0. The van der Waals surface area contributed by atoms with E-state index in [4.69, 9.17) is 5.11 Å². The van der Waals surface area contributed by atoms with Gasteiger partial charge >= 0.3 is 5.97 Å². The topological polar surface area (TPSA) is 101 Å². The summed E-state index contributed by atoms with van der Waals surface area (Å²) in [6.45, 7) is 2.95. The van der Waals surface area contributed by atoms with E-state index in [9.17, 15) is 18.0 Å². The molecule has 0 heterocycles. The standard InChI is InChI=1S/C8H15NO5S/c1-5(8(11)12)6(2)9-7(10)4-15(3,13)14/h5-6H,4H2,1-3H3,(H,9,10)(H,11,12). The Hall–Kier alpha value is -1.11. The number of sulfone groups is 1. The minimum Gasteiger partial charge on any atom is -0.481 e. The average Bonchev–Trinajstić information content (AvgIpc) is 1.98. The maximum Gasteiger partial charge on any atom is 0.308 e. The number of carbonyl (C=O) groups is 2. The van der Waals surface area contributed by atoms with Crippen molar-refractivity contribution in [1.29, 1.82) is 0 Å². The zero-order valence-corrected chi connectivity index (χ0v) is 9.67. The fourth-order valence-electron chi connectivity index (χ4n) is 0.873. The van der Waals surface area contributed by atoms with Crippen LogP contribution in [0.1, 0.15) is 13.8 Å². The number of nitrogens with one attached hydrogen (secondary N) is 1. The zero-order chi connectivity index (χ0) is 12.2. The molecule has 0 aromatic carbocycles. The van der Waals surface area contributed by atoms with Gasteiger partial charge in [0.1, 0.15) is 5.75 Å². The molecule has 0 aliphatic heterocycles. The molecule has 0 spiro atoms. The Morgan fingerprint density at radius 2 is 1.80 bits per heavy atom. The van der Waals surface area contributed by atoms with Crippen molar-refractivity contribution >= 4 is 21.7 Å². The molecule has 2 N–H and O–H groups in total. The largest absolute Gasteiger partial charge is 0.481 e. The van der Waals surface area contributed by atoms with Crippen LogP contribution < -0.4 is 5.32 Å². The van der Waals surface area contributed by atoms with Crippen LogP contribution in [0.3, 0.4) is 0 Å². The summed E-state index contributed by atoms with van der Waals surface area (Å²) in [5, 5.41) is 10.9. The Morgan fingerprint density at radius 3 is 2.13 bits per heavy atom. The molecule has 0 aliphatic carbocycles. The molecular weight excluding hydrogens is 222 g/mol. The van der Waals surface area contributed by atoms with Crippen molar-refractivity contribution < 1.29 is 23.1 Å². The third-order valence-electron chi connectivity index (χ3n) is 1.92. The fraction of sp³-hybridized carbons (Fsp3) is 0.750. The van der Waals surface area contributed by atoms with Crippen LogP contribution in [0.2, 0.25) is 0 Å². The molecule has 15 heavy (non-hydrogen) atoms. The normalized spacial score (nSPS) is 15.4.